The molecule has 0 radical (unpaired) electrons. The number of benzene rings is 2. The summed E-state index contributed by atoms with van der Waals surface area (Å²) in [6.07, 6.45) is 5.97. The molecule has 1 amide bonds. The monoisotopic (exact) mass is 421 g/mol. The van der Waals surface area contributed by atoms with E-state index >= 15 is 0 Å². The second-order valence-corrected chi connectivity index (χ2v) is 7.64. The summed E-state index contributed by atoms with van der Waals surface area (Å²) in [5.41, 5.74) is 3.75. The van der Waals surface area contributed by atoms with Gasteiger partial charge in [0.05, 0.1) is 6.10 Å². The SMILES string of the molecule is COC1C=CC(CN(C)C(=O)c2ccc(CCNCC(O)c3ccccc3)cc2)=CN1. The summed E-state index contributed by atoms with van der Waals surface area (Å²) in [7, 11) is 3.44. The van der Waals surface area contributed by atoms with Crippen LogP contribution in [0, 0.1) is 0 Å². The topological polar surface area (TPSA) is 73.8 Å². The van der Waals surface area contributed by atoms with Gasteiger partial charge in [-0.2, -0.15) is 0 Å². The molecule has 2 atom stereocenters. The maximum absolute atomic E-state index is 12.7. The lowest BCUT2D eigenvalue weighted by molar-refractivity contribution is 0.0806. The molecule has 3 rings (SSSR count). The maximum atomic E-state index is 12.7. The zero-order valence-electron chi connectivity index (χ0n) is 18.1. The van der Waals surface area contributed by atoms with E-state index in [4.69, 9.17) is 4.74 Å². The molecule has 0 aliphatic carbocycles. The minimum absolute atomic E-state index is 0.0150. The number of methoxy groups -OCH3 is 1. The first-order valence-electron chi connectivity index (χ1n) is 10.5. The van der Waals surface area contributed by atoms with E-state index in [0.717, 1.165) is 29.7 Å². The molecule has 0 saturated carbocycles. The first kappa shape index (κ1) is 22.7. The van der Waals surface area contributed by atoms with Crippen LogP contribution in [0.5, 0.6) is 0 Å². The van der Waals surface area contributed by atoms with Gasteiger partial charge < -0.3 is 25.4 Å². The number of hydrogen-bond donors (Lipinski definition) is 3. The predicted molar refractivity (Wildman–Crippen MR) is 123 cm³/mol. The van der Waals surface area contributed by atoms with Crippen molar-refractivity contribution in [3.05, 3.63) is 95.2 Å². The standard InChI is InChI=1S/C25H31N3O3/c1-28(18-20-10-13-24(31-2)27-16-20)25(30)22-11-8-19(9-12-22)14-15-26-17-23(29)21-6-4-3-5-7-21/h3-13,16,23-24,26-27,29H,14-15,17-18H2,1-2H3. The van der Waals surface area contributed by atoms with Gasteiger partial charge in [0.15, 0.2) is 0 Å². The zero-order valence-corrected chi connectivity index (χ0v) is 18.1. The highest BCUT2D eigenvalue weighted by molar-refractivity contribution is 5.94. The average molecular weight is 422 g/mol. The summed E-state index contributed by atoms with van der Waals surface area (Å²) >= 11 is 0. The highest BCUT2D eigenvalue weighted by Gasteiger charge is 2.14. The third kappa shape index (κ3) is 6.79. The van der Waals surface area contributed by atoms with Crippen LogP contribution in [0.25, 0.3) is 0 Å². The van der Waals surface area contributed by atoms with Crippen LogP contribution in [0.4, 0.5) is 0 Å². The van der Waals surface area contributed by atoms with Crippen molar-refractivity contribution < 1.29 is 14.6 Å². The molecule has 1 heterocycles. The summed E-state index contributed by atoms with van der Waals surface area (Å²) in [5.74, 6) is -0.0150. The van der Waals surface area contributed by atoms with Crippen LogP contribution in [-0.4, -0.2) is 55.9 Å². The van der Waals surface area contributed by atoms with Crippen LogP contribution in [0.1, 0.15) is 27.6 Å². The van der Waals surface area contributed by atoms with Crippen molar-refractivity contribution >= 4 is 5.91 Å². The van der Waals surface area contributed by atoms with Crippen molar-refractivity contribution in [1.82, 2.24) is 15.5 Å². The average Bonchev–Trinajstić information content (AvgIpc) is 2.82. The molecular formula is C25H31N3O3. The Morgan fingerprint density at radius 3 is 2.58 bits per heavy atom. The Bertz CT molecular complexity index is 894. The molecule has 2 aromatic carbocycles. The minimum Gasteiger partial charge on any atom is -0.387 e. The van der Waals surface area contributed by atoms with E-state index in [1.807, 2.05) is 72.9 Å². The zero-order chi connectivity index (χ0) is 22.1. The molecule has 2 unspecified atom stereocenters. The summed E-state index contributed by atoms with van der Waals surface area (Å²) in [6.45, 7) is 1.79. The van der Waals surface area contributed by atoms with Gasteiger partial charge in [-0.3, -0.25) is 4.79 Å². The van der Waals surface area contributed by atoms with Crippen molar-refractivity contribution in [3.63, 3.8) is 0 Å². The van der Waals surface area contributed by atoms with Gasteiger partial charge >= 0.3 is 0 Å². The van der Waals surface area contributed by atoms with Gasteiger partial charge in [-0.05, 0) is 47.9 Å². The molecule has 0 bridgehead atoms. The van der Waals surface area contributed by atoms with E-state index in [0.29, 0.717) is 18.7 Å². The first-order chi connectivity index (χ1) is 15.1. The van der Waals surface area contributed by atoms with Crippen molar-refractivity contribution in [2.75, 3.05) is 33.8 Å². The molecule has 1 aliphatic heterocycles. The molecule has 1 aliphatic rings. The van der Waals surface area contributed by atoms with Gasteiger partial charge in [0.25, 0.3) is 5.91 Å². The maximum Gasteiger partial charge on any atom is 0.253 e. The smallest absolute Gasteiger partial charge is 0.253 e. The molecule has 3 N–H and O–H groups in total. The molecular weight excluding hydrogens is 390 g/mol. The highest BCUT2D eigenvalue weighted by Crippen LogP contribution is 2.12. The number of aliphatic hydroxyl groups excluding tert-OH is 1. The first-order valence-corrected chi connectivity index (χ1v) is 10.5. The molecule has 0 spiro atoms. The van der Waals surface area contributed by atoms with Gasteiger partial charge in [0.2, 0.25) is 0 Å². The summed E-state index contributed by atoms with van der Waals surface area (Å²) in [4.78, 5) is 14.4. The number of hydrogen-bond acceptors (Lipinski definition) is 5. The van der Waals surface area contributed by atoms with Gasteiger partial charge in [0, 0.05) is 39.0 Å². The third-order valence-electron chi connectivity index (χ3n) is 5.25. The van der Waals surface area contributed by atoms with Crippen molar-refractivity contribution in [3.8, 4) is 0 Å². The number of nitrogens with zero attached hydrogens (tertiary/aromatic N) is 1. The number of amides is 1. The van der Waals surface area contributed by atoms with Crippen molar-refractivity contribution in [1.29, 1.82) is 0 Å². The van der Waals surface area contributed by atoms with Gasteiger partial charge in [0.1, 0.15) is 6.23 Å². The lowest BCUT2D eigenvalue weighted by Crippen LogP contribution is -2.32. The number of aliphatic hydroxyl groups is 1. The second-order valence-electron chi connectivity index (χ2n) is 7.64. The van der Waals surface area contributed by atoms with Crippen molar-refractivity contribution in [2.24, 2.45) is 0 Å². The number of carbonyl (C=O) groups excluding carboxylic acids is 1. The predicted octanol–water partition coefficient (Wildman–Crippen LogP) is 2.64. The Balaban J connectivity index is 1.42. The number of carbonyl (C=O) groups is 1. The Morgan fingerprint density at radius 2 is 1.94 bits per heavy atom. The molecule has 2 aromatic rings. The van der Waals surface area contributed by atoms with E-state index in [-0.39, 0.29) is 12.1 Å². The van der Waals surface area contributed by atoms with Crippen LogP contribution in [0.2, 0.25) is 0 Å². The number of ether oxygens (including phenoxy) is 1. The summed E-state index contributed by atoms with van der Waals surface area (Å²) < 4.78 is 5.20. The Hall–Kier alpha value is -2.93. The number of dihydropyridines is 1. The Kier molecular flexibility index (Phi) is 8.41. The molecule has 6 heteroatoms. The third-order valence-corrected chi connectivity index (χ3v) is 5.25. The normalized spacial score (nSPS) is 16.4. The van der Waals surface area contributed by atoms with E-state index in [1.165, 1.54) is 0 Å². The fourth-order valence-corrected chi connectivity index (χ4v) is 3.39. The number of likely N-dealkylation sites (N-methyl/N-ethyl adjacent to an activating group) is 1. The van der Waals surface area contributed by atoms with Crippen LogP contribution >= 0.6 is 0 Å². The molecule has 0 aromatic heterocycles. The number of rotatable bonds is 10. The van der Waals surface area contributed by atoms with Crippen LogP contribution in [0.15, 0.2) is 78.5 Å². The van der Waals surface area contributed by atoms with E-state index in [9.17, 15) is 9.90 Å². The lowest BCUT2D eigenvalue weighted by atomic mass is 10.1. The fourth-order valence-electron chi connectivity index (χ4n) is 3.39. The summed E-state index contributed by atoms with van der Waals surface area (Å²) in [5, 5.41) is 16.6. The molecule has 31 heavy (non-hydrogen) atoms. The molecule has 0 saturated heterocycles. The van der Waals surface area contributed by atoms with Gasteiger partial charge in [-0.25, -0.2) is 0 Å². The Morgan fingerprint density at radius 1 is 1.19 bits per heavy atom. The number of nitrogens with one attached hydrogen (secondary N) is 2. The van der Waals surface area contributed by atoms with Crippen molar-refractivity contribution in [2.45, 2.75) is 18.8 Å². The second kappa shape index (κ2) is 11.5. The van der Waals surface area contributed by atoms with Gasteiger partial charge in [-0.15, -0.1) is 0 Å². The quantitative estimate of drug-likeness (QED) is 0.515. The van der Waals surface area contributed by atoms with E-state index in [2.05, 4.69) is 10.6 Å². The highest BCUT2D eigenvalue weighted by atomic mass is 16.5. The van der Waals surface area contributed by atoms with E-state index < -0.39 is 6.10 Å². The van der Waals surface area contributed by atoms with Gasteiger partial charge in [-0.1, -0.05) is 48.5 Å². The van der Waals surface area contributed by atoms with Crippen LogP contribution in [0.3, 0.4) is 0 Å². The molecule has 6 nitrogen and oxygen atoms in total. The fraction of sp³-hybridized carbons (Fsp3) is 0.320. The van der Waals surface area contributed by atoms with E-state index in [1.54, 1.807) is 19.1 Å². The summed E-state index contributed by atoms with van der Waals surface area (Å²) in [6, 6.07) is 17.4. The minimum atomic E-state index is -0.513. The molecule has 0 fully saturated rings. The van der Waals surface area contributed by atoms with Crippen LogP contribution in [-0.2, 0) is 11.2 Å². The van der Waals surface area contributed by atoms with Crippen LogP contribution < -0.4 is 10.6 Å². The largest absolute Gasteiger partial charge is 0.387 e. The lowest BCUT2D eigenvalue weighted by Gasteiger charge is -2.22. The molecule has 164 valence electrons. The Labute approximate surface area is 184 Å².